The lowest BCUT2D eigenvalue weighted by Gasteiger charge is -2.25. The van der Waals surface area contributed by atoms with Gasteiger partial charge in [0.15, 0.2) is 0 Å². The van der Waals surface area contributed by atoms with E-state index in [1.807, 2.05) is 0 Å². The normalized spacial score (nSPS) is 11.4. The Morgan fingerprint density at radius 3 is 2.12 bits per heavy atom. The summed E-state index contributed by atoms with van der Waals surface area (Å²) in [5.74, 6) is -3.10. The van der Waals surface area contributed by atoms with Gasteiger partial charge in [0.2, 0.25) is 10.0 Å². The molecular formula is C15H19NO8S. The monoisotopic (exact) mass is 373 g/mol. The summed E-state index contributed by atoms with van der Waals surface area (Å²) < 4.78 is 35.7. The van der Waals surface area contributed by atoms with Gasteiger partial charge in [0.25, 0.3) is 0 Å². The van der Waals surface area contributed by atoms with Gasteiger partial charge < -0.3 is 14.6 Å². The minimum Gasteiger partial charge on any atom is -0.480 e. The molecule has 0 amide bonds. The van der Waals surface area contributed by atoms with Crippen molar-refractivity contribution in [3.8, 4) is 0 Å². The van der Waals surface area contributed by atoms with Crippen LogP contribution in [-0.2, 0) is 24.3 Å². The number of carboxylic acid groups (broad SMARTS) is 1. The summed E-state index contributed by atoms with van der Waals surface area (Å²) in [5, 5.41) is 8.98. The zero-order chi connectivity index (χ0) is 19.4. The van der Waals surface area contributed by atoms with E-state index in [9.17, 15) is 22.8 Å². The molecule has 0 bridgehead atoms. The highest BCUT2D eigenvalue weighted by atomic mass is 32.2. The highest BCUT2D eigenvalue weighted by Gasteiger charge is 2.33. The number of rotatable bonds is 7. The molecule has 0 saturated heterocycles. The fourth-order valence-corrected chi connectivity index (χ4v) is 3.86. The number of methoxy groups -OCH3 is 2. The summed E-state index contributed by atoms with van der Waals surface area (Å²) in [7, 11) is -2.21. The molecule has 0 aromatic heterocycles. The van der Waals surface area contributed by atoms with Crippen molar-refractivity contribution in [1.82, 2.24) is 4.31 Å². The van der Waals surface area contributed by atoms with Crippen molar-refractivity contribution in [2.75, 3.05) is 20.8 Å². The Labute approximate surface area is 145 Å². The molecule has 0 unspecified atom stereocenters. The van der Waals surface area contributed by atoms with Crippen LogP contribution >= 0.6 is 0 Å². The summed E-state index contributed by atoms with van der Waals surface area (Å²) in [6.07, 6.45) is 0. The summed E-state index contributed by atoms with van der Waals surface area (Å²) in [5.41, 5.74) is -0.418. The molecule has 1 aromatic carbocycles. The lowest BCUT2D eigenvalue weighted by molar-refractivity contribution is -0.137. The second-order valence-electron chi connectivity index (χ2n) is 5.23. The average molecular weight is 373 g/mol. The van der Waals surface area contributed by atoms with Crippen LogP contribution in [0.3, 0.4) is 0 Å². The van der Waals surface area contributed by atoms with E-state index >= 15 is 0 Å². The molecule has 10 heteroatoms. The van der Waals surface area contributed by atoms with Crippen LogP contribution in [0.4, 0.5) is 0 Å². The van der Waals surface area contributed by atoms with Gasteiger partial charge in [0.1, 0.15) is 6.54 Å². The number of benzene rings is 1. The van der Waals surface area contributed by atoms with Crippen LogP contribution in [0.5, 0.6) is 0 Å². The Morgan fingerprint density at radius 2 is 1.68 bits per heavy atom. The summed E-state index contributed by atoms with van der Waals surface area (Å²) >= 11 is 0. The third kappa shape index (κ3) is 4.54. The minimum atomic E-state index is -4.40. The van der Waals surface area contributed by atoms with Crippen LogP contribution in [0.15, 0.2) is 23.1 Å². The zero-order valence-electron chi connectivity index (χ0n) is 14.2. The number of carboxylic acids is 1. The fraction of sp³-hybridized carbons (Fsp3) is 0.400. The predicted molar refractivity (Wildman–Crippen MR) is 85.8 cm³/mol. The molecule has 9 nitrogen and oxygen atoms in total. The first-order valence-electron chi connectivity index (χ1n) is 7.10. The van der Waals surface area contributed by atoms with Gasteiger partial charge in [0.05, 0.1) is 30.2 Å². The molecular weight excluding hydrogens is 354 g/mol. The molecule has 0 saturated carbocycles. The molecule has 25 heavy (non-hydrogen) atoms. The third-order valence-corrected chi connectivity index (χ3v) is 5.32. The highest BCUT2D eigenvalue weighted by molar-refractivity contribution is 7.89. The standard InChI is InChI=1S/C15H19NO8S/c1-9(2)16(8-13(17)18)25(21,22)12-7-10(14(19)23-3)5-6-11(12)15(20)24-4/h5-7,9H,8H2,1-4H3,(H,17,18). The second kappa shape index (κ2) is 8.08. The van der Waals surface area contributed by atoms with Crippen molar-refractivity contribution in [1.29, 1.82) is 0 Å². The van der Waals surface area contributed by atoms with Gasteiger partial charge in [-0.3, -0.25) is 4.79 Å². The maximum absolute atomic E-state index is 12.9. The van der Waals surface area contributed by atoms with Crippen LogP contribution in [0.2, 0.25) is 0 Å². The van der Waals surface area contributed by atoms with E-state index in [0.29, 0.717) is 4.31 Å². The number of nitrogens with zero attached hydrogens (tertiary/aromatic N) is 1. The molecule has 0 radical (unpaired) electrons. The number of aliphatic carboxylic acids is 1. The largest absolute Gasteiger partial charge is 0.480 e. The Morgan fingerprint density at radius 1 is 1.12 bits per heavy atom. The average Bonchev–Trinajstić information content (AvgIpc) is 2.57. The fourth-order valence-electron chi connectivity index (χ4n) is 2.06. The third-order valence-electron chi connectivity index (χ3n) is 3.26. The van der Waals surface area contributed by atoms with Crippen LogP contribution < -0.4 is 0 Å². The first-order chi connectivity index (χ1) is 11.6. The van der Waals surface area contributed by atoms with Crippen molar-refractivity contribution < 1.29 is 37.4 Å². The first-order valence-corrected chi connectivity index (χ1v) is 8.54. The molecule has 0 aliphatic carbocycles. The number of carbonyl (C=O) groups excluding carboxylic acids is 2. The van der Waals surface area contributed by atoms with Crippen molar-refractivity contribution in [3.05, 3.63) is 29.3 Å². The number of hydrogen-bond acceptors (Lipinski definition) is 7. The lowest BCUT2D eigenvalue weighted by atomic mass is 10.1. The SMILES string of the molecule is COC(=O)c1ccc(C(=O)OC)c(S(=O)(=O)N(CC(=O)O)C(C)C)c1. The maximum atomic E-state index is 12.9. The van der Waals surface area contributed by atoms with Gasteiger partial charge in [-0.25, -0.2) is 18.0 Å². The minimum absolute atomic E-state index is 0.104. The van der Waals surface area contributed by atoms with Crippen LogP contribution in [0.1, 0.15) is 34.6 Å². The summed E-state index contributed by atoms with van der Waals surface area (Å²) in [6, 6.07) is 2.59. The number of sulfonamides is 1. The zero-order valence-corrected chi connectivity index (χ0v) is 15.0. The van der Waals surface area contributed by atoms with Crippen LogP contribution in [0, 0.1) is 0 Å². The lowest BCUT2D eigenvalue weighted by Crippen LogP contribution is -2.41. The van der Waals surface area contributed by atoms with Crippen molar-refractivity contribution in [3.63, 3.8) is 0 Å². The topological polar surface area (TPSA) is 127 Å². The quantitative estimate of drug-likeness (QED) is 0.693. The second-order valence-corrected chi connectivity index (χ2v) is 7.09. The van der Waals surface area contributed by atoms with Gasteiger partial charge in [-0.2, -0.15) is 4.31 Å². The van der Waals surface area contributed by atoms with Gasteiger partial charge in [-0.05, 0) is 32.0 Å². The van der Waals surface area contributed by atoms with Crippen LogP contribution in [0.25, 0.3) is 0 Å². The first kappa shape index (κ1) is 20.6. The molecule has 0 spiro atoms. The molecule has 1 rings (SSSR count). The number of esters is 2. The van der Waals surface area contributed by atoms with Gasteiger partial charge >= 0.3 is 17.9 Å². The Balaban J connectivity index is 3.65. The van der Waals surface area contributed by atoms with E-state index in [1.165, 1.54) is 19.9 Å². The smallest absolute Gasteiger partial charge is 0.339 e. The van der Waals surface area contributed by atoms with Gasteiger partial charge in [-0.15, -0.1) is 0 Å². The Hall–Kier alpha value is -2.46. The number of carbonyl (C=O) groups is 3. The van der Waals surface area contributed by atoms with E-state index in [0.717, 1.165) is 26.4 Å². The Kier molecular flexibility index (Phi) is 6.65. The number of ether oxygens (including phenoxy) is 2. The molecule has 1 aromatic rings. The molecule has 0 heterocycles. The Bertz CT molecular complexity index is 785. The predicted octanol–water partition coefficient (Wildman–Crippen LogP) is 0.743. The van der Waals surface area contributed by atoms with Crippen molar-refractivity contribution in [2.24, 2.45) is 0 Å². The summed E-state index contributed by atoms with van der Waals surface area (Å²) in [4.78, 5) is 34.1. The maximum Gasteiger partial charge on any atom is 0.339 e. The van der Waals surface area contributed by atoms with Gasteiger partial charge in [0, 0.05) is 6.04 Å². The van der Waals surface area contributed by atoms with Crippen LogP contribution in [-0.4, -0.2) is 62.5 Å². The summed E-state index contributed by atoms with van der Waals surface area (Å²) in [6.45, 7) is 2.17. The van der Waals surface area contributed by atoms with Crippen molar-refractivity contribution in [2.45, 2.75) is 24.8 Å². The molecule has 0 aliphatic rings. The van der Waals surface area contributed by atoms with E-state index in [1.54, 1.807) is 0 Å². The van der Waals surface area contributed by atoms with E-state index in [2.05, 4.69) is 9.47 Å². The van der Waals surface area contributed by atoms with E-state index in [-0.39, 0.29) is 11.1 Å². The molecule has 0 aliphatic heterocycles. The molecule has 0 atom stereocenters. The van der Waals surface area contributed by atoms with Gasteiger partial charge in [-0.1, -0.05) is 0 Å². The molecule has 0 fully saturated rings. The van der Waals surface area contributed by atoms with Crippen molar-refractivity contribution >= 4 is 27.9 Å². The molecule has 1 N–H and O–H groups in total. The van der Waals surface area contributed by atoms with E-state index in [4.69, 9.17) is 5.11 Å². The molecule has 138 valence electrons. The van der Waals surface area contributed by atoms with E-state index < -0.39 is 45.4 Å². The number of hydrogen-bond donors (Lipinski definition) is 1. The highest BCUT2D eigenvalue weighted by Crippen LogP contribution is 2.24.